The predicted molar refractivity (Wildman–Crippen MR) is 67.3 cm³/mol. The highest BCUT2D eigenvalue weighted by molar-refractivity contribution is 5.22. The Kier molecular flexibility index (Phi) is 3.94. The van der Waals surface area contributed by atoms with E-state index in [-0.39, 0.29) is 0 Å². The molecule has 1 aliphatic rings. The minimum atomic E-state index is 0.466. The smallest absolute Gasteiger partial charge is 0.0605 e. The zero-order valence-corrected chi connectivity index (χ0v) is 10.4. The minimum absolute atomic E-state index is 0.466. The predicted octanol–water partition coefficient (Wildman–Crippen LogP) is 3.23. The third-order valence-corrected chi connectivity index (χ3v) is 3.64. The van der Waals surface area contributed by atoms with Gasteiger partial charge in [0, 0.05) is 6.20 Å². The molecule has 1 aromatic heterocycles. The fourth-order valence-corrected chi connectivity index (χ4v) is 2.82. The maximum absolute atomic E-state index is 4.58. The molecule has 0 amide bonds. The quantitative estimate of drug-likeness (QED) is 0.839. The molecule has 0 radical (unpaired) electrons. The summed E-state index contributed by atoms with van der Waals surface area (Å²) < 4.78 is 0. The molecule has 2 rings (SSSR count). The first-order valence-electron chi connectivity index (χ1n) is 6.47. The van der Waals surface area contributed by atoms with E-state index in [4.69, 9.17) is 0 Å². The molecule has 16 heavy (non-hydrogen) atoms. The Morgan fingerprint density at radius 1 is 1.44 bits per heavy atom. The first-order valence-corrected chi connectivity index (χ1v) is 6.47. The van der Waals surface area contributed by atoms with Crippen LogP contribution < -0.4 is 5.32 Å². The van der Waals surface area contributed by atoms with Crippen LogP contribution in [0.3, 0.4) is 0 Å². The maximum atomic E-state index is 4.58. The van der Waals surface area contributed by atoms with Gasteiger partial charge in [-0.3, -0.25) is 4.98 Å². The molecule has 1 aliphatic carbocycles. The van der Waals surface area contributed by atoms with Gasteiger partial charge in [-0.1, -0.05) is 25.8 Å². The summed E-state index contributed by atoms with van der Waals surface area (Å²) in [6.45, 7) is 5.37. The number of hydrogen-bond acceptors (Lipinski definition) is 2. The molecule has 2 heteroatoms. The molecule has 1 N–H and O–H groups in total. The molecule has 1 fully saturated rings. The van der Waals surface area contributed by atoms with E-state index in [1.807, 2.05) is 12.3 Å². The summed E-state index contributed by atoms with van der Waals surface area (Å²) in [6, 6.07) is 4.66. The van der Waals surface area contributed by atoms with E-state index in [1.165, 1.54) is 36.9 Å². The van der Waals surface area contributed by atoms with Crippen molar-refractivity contribution < 1.29 is 0 Å². The minimum Gasteiger partial charge on any atom is -0.309 e. The van der Waals surface area contributed by atoms with E-state index in [9.17, 15) is 0 Å². The van der Waals surface area contributed by atoms with Gasteiger partial charge in [-0.15, -0.1) is 0 Å². The van der Waals surface area contributed by atoms with E-state index < -0.39 is 0 Å². The fraction of sp³-hybridized carbons (Fsp3) is 0.643. The van der Waals surface area contributed by atoms with Crippen LogP contribution in [-0.4, -0.2) is 11.5 Å². The summed E-state index contributed by atoms with van der Waals surface area (Å²) in [5, 5.41) is 3.62. The summed E-state index contributed by atoms with van der Waals surface area (Å²) in [5.41, 5.74) is 2.58. The molecule has 0 spiro atoms. The Morgan fingerprint density at radius 3 is 2.81 bits per heavy atom. The van der Waals surface area contributed by atoms with Gasteiger partial charge in [0.15, 0.2) is 0 Å². The summed E-state index contributed by atoms with van der Waals surface area (Å²) in [4.78, 5) is 4.58. The van der Waals surface area contributed by atoms with Gasteiger partial charge in [0.1, 0.15) is 0 Å². The van der Waals surface area contributed by atoms with Gasteiger partial charge in [-0.2, -0.15) is 0 Å². The molecule has 1 saturated carbocycles. The SMILES string of the molecule is CCNC(c1ncccc1C)C1CCCC1. The van der Waals surface area contributed by atoms with Gasteiger partial charge >= 0.3 is 0 Å². The van der Waals surface area contributed by atoms with Crippen molar-refractivity contribution in [1.29, 1.82) is 0 Å². The highest BCUT2D eigenvalue weighted by atomic mass is 14.9. The van der Waals surface area contributed by atoms with Gasteiger partial charge in [0.2, 0.25) is 0 Å². The van der Waals surface area contributed by atoms with Crippen molar-refractivity contribution in [3.63, 3.8) is 0 Å². The van der Waals surface area contributed by atoms with Gasteiger partial charge in [-0.25, -0.2) is 0 Å². The molecule has 2 nitrogen and oxygen atoms in total. The lowest BCUT2D eigenvalue weighted by atomic mass is 9.93. The van der Waals surface area contributed by atoms with Crippen molar-refractivity contribution in [1.82, 2.24) is 10.3 Å². The standard InChI is InChI=1S/C14H22N2/c1-3-15-14(12-8-4-5-9-12)13-11(2)7-6-10-16-13/h6-7,10,12,14-15H,3-5,8-9H2,1-2H3. The van der Waals surface area contributed by atoms with Crippen LogP contribution in [0.4, 0.5) is 0 Å². The molecule has 0 bridgehead atoms. The van der Waals surface area contributed by atoms with Crippen LogP contribution in [0.5, 0.6) is 0 Å². The van der Waals surface area contributed by atoms with Crippen LogP contribution in [0, 0.1) is 12.8 Å². The van der Waals surface area contributed by atoms with Crippen molar-refractivity contribution >= 4 is 0 Å². The van der Waals surface area contributed by atoms with E-state index >= 15 is 0 Å². The molecule has 1 aromatic rings. The number of pyridine rings is 1. The van der Waals surface area contributed by atoms with Gasteiger partial charge in [-0.05, 0) is 43.9 Å². The lowest BCUT2D eigenvalue weighted by Gasteiger charge is -2.25. The number of nitrogens with one attached hydrogen (secondary N) is 1. The van der Waals surface area contributed by atoms with Crippen LogP contribution in [-0.2, 0) is 0 Å². The Labute approximate surface area is 98.5 Å². The first-order chi connectivity index (χ1) is 7.83. The topological polar surface area (TPSA) is 24.9 Å². The lowest BCUT2D eigenvalue weighted by Crippen LogP contribution is -2.28. The van der Waals surface area contributed by atoms with Crippen molar-refractivity contribution in [2.45, 2.75) is 45.6 Å². The van der Waals surface area contributed by atoms with Crippen LogP contribution in [0.15, 0.2) is 18.3 Å². The molecule has 1 unspecified atom stereocenters. The summed E-state index contributed by atoms with van der Waals surface area (Å²) in [6.07, 6.45) is 7.40. The molecular weight excluding hydrogens is 196 g/mol. The highest BCUT2D eigenvalue weighted by Gasteiger charge is 2.27. The van der Waals surface area contributed by atoms with Crippen LogP contribution >= 0.6 is 0 Å². The zero-order valence-electron chi connectivity index (χ0n) is 10.4. The van der Waals surface area contributed by atoms with Gasteiger partial charge in [0.05, 0.1) is 11.7 Å². The second-order valence-electron chi connectivity index (χ2n) is 4.79. The van der Waals surface area contributed by atoms with E-state index in [1.54, 1.807) is 0 Å². The van der Waals surface area contributed by atoms with Crippen molar-refractivity contribution in [3.05, 3.63) is 29.6 Å². The van der Waals surface area contributed by atoms with Crippen LogP contribution in [0.1, 0.15) is 49.9 Å². The Balaban J connectivity index is 2.21. The largest absolute Gasteiger partial charge is 0.309 e. The number of aryl methyl sites for hydroxylation is 1. The Morgan fingerprint density at radius 2 is 2.19 bits per heavy atom. The Hall–Kier alpha value is -0.890. The molecule has 0 aliphatic heterocycles. The molecule has 88 valence electrons. The maximum Gasteiger partial charge on any atom is 0.0605 e. The van der Waals surface area contributed by atoms with E-state index in [0.717, 1.165) is 12.5 Å². The fourth-order valence-electron chi connectivity index (χ4n) is 2.82. The average Bonchev–Trinajstić information content (AvgIpc) is 2.80. The normalized spacial score (nSPS) is 18.9. The number of rotatable bonds is 4. The van der Waals surface area contributed by atoms with Crippen LogP contribution in [0.25, 0.3) is 0 Å². The van der Waals surface area contributed by atoms with Gasteiger partial charge in [0.25, 0.3) is 0 Å². The van der Waals surface area contributed by atoms with E-state index in [0.29, 0.717) is 6.04 Å². The molecule has 1 atom stereocenters. The second-order valence-corrected chi connectivity index (χ2v) is 4.79. The number of aromatic nitrogens is 1. The first kappa shape index (κ1) is 11.6. The summed E-state index contributed by atoms with van der Waals surface area (Å²) in [5.74, 6) is 0.786. The molecular formula is C14H22N2. The van der Waals surface area contributed by atoms with Gasteiger partial charge < -0.3 is 5.32 Å². The Bertz CT molecular complexity index is 329. The molecule has 0 saturated heterocycles. The third-order valence-electron chi connectivity index (χ3n) is 3.64. The van der Waals surface area contributed by atoms with Crippen LogP contribution in [0.2, 0.25) is 0 Å². The van der Waals surface area contributed by atoms with E-state index in [2.05, 4.69) is 30.2 Å². The highest BCUT2D eigenvalue weighted by Crippen LogP contribution is 2.35. The van der Waals surface area contributed by atoms with Crippen molar-refractivity contribution in [3.8, 4) is 0 Å². The number of hydrogen-bond donors (Lipinski definition) is 1. The van der Waals surface area contributed by atoms with Crippen molar-refractivity contribution in [2.75, 3.05) is 6.54 Å². The summed E-state index contributed by atoms with van der Waals surface area (Å²) in [7, 11) is 0. The lowest BCUT2D eigenvalue weighted by molar-refractivity contribution is 0.366. The summed E-state index contributed by atoms with van der Waals surface area (Å²) >= 11 is 0. The van der Waals surface area contributed by atoms with Crippen molar-refractivity contribution in [2.24, 2.45) is 5.92 Å². The number of nitrogens with zero attached hydrogens (tertiary/aromatic N) is 1. The monoisotopic (exact) mass is 218 g/mol. The third kappa shape index (κ3) is 2.43. The zero-order chi connectivity index (χ0) is 11.4. The average molecular weight is 218 g/mol. The molecule has 1 heterocycles. The second kappa shape index (κ2) is 5.44. The molecule has 0 aromatic carbocycles.